The second-order valence-electron chi connectivity index (χ2n) is 6.39. The summed E-state index contributed by atoms with van der Waals surface area (Å²) in [4.78, 5) is 12.4. The van der Waals surface area contributed by atoms with Crippen LogP contribution < -0.4 is 10.1 Å². The van der Waals surface area contributed by atoms with Crippen LogP contribution in [-0.4, -0.2) is 12.5 Å². The Morgan fingerprint density at radius 1 is 0.778 bits per heavy atom. The van der Waals surface area contributed by atoms with Gasteiger partial charge in [0.1, 0.15) is 5.75 Å². The van der Waals surface area contributed by atoms with E-state index in [2.05, 4.69) is 43.4 Å². The van der Waals surface area contributed by atoms with Crippen LogP contribution in [0.3, 0.4) is 0 Å². The predicted molar refractivity (Wildman–Crippen MR) is 111 cm³/mol. The number of hydrogen-bond donors (Lipinski definition) is 1. The SMILES string of the molecule is CCc1cccc(CC)c1NC(=O)COc1ccc(-c2ccccc2)cc1. The molecule has 3 aromatic rings. The molecule has 0 saturated heterocycles. The second kappa shape index (κ2) is 9.04. The highest BCUT2D eigenvalue weighted by molar-refractivity contribution is 5.93. The van der Waals surface area contributed by atoms with Gasteiger partial charge in [0, 0.05) is 5.69 Å². The predicted octanol–water partition coefficient (Wildman–Crippen LogP) is 5.50. The lowest BCUT2D eigenvalue weighted by Crippen LogP contribution is -2.21. The van der Waals surface area contributed by atoms with E-state index in [-0.39, 0.29) is 12.5 Å². The lowest BCUT2D eigenvalue weighted by atomic mass is 10.0. The van der Waals surface area contributed by atoms with Crippen molar-refractivity contribution >= 4 is 11.6 Å². The van der Waals surface area contributed by atoms with E-state index in [0.717, 1.165) is 40.8 Å². The Kier molecular flexibility index (Phi) is 6.26. The molecule has 0 heterocycles. The van der Waals surface area contributed by atoms with Crippen molar-refractivity contribution in [3.63, 3.8) is 0 Å². The molecule has 27 heavy (non-hydrogen) atoms. The van der Waals surface area contributed by atoms with Gasteiger partial charge in [0.05, 0.1) is 0 Å². The molecule has 0 aliphatic heterocycles. The van der Waals surface area contributed by atoms with Gasteiger partial charge in [0.2, 0.25) is 0 Å². The van der Waals surface area contributed by atoms with Crippen molar-refractivity contribution in [2.24, 2.45) is 0 Å². The summed E-state index contributed by atoms with van der Waals surface area (Å²) in [5.74, 6) is 0.544. The third-order valence-corrected chi connectivity index (χ3v) is 4.59. The van der Waals surface area contributed by atoms with E-state index in [1.54, 1.807) is 0 Å². The molecule has 1 N–H and O–H groups in total. The average molecular weight is 359 g/mol. The van der Waals surface area contributed by atoms with Crippen molar-refractivity contribution in [3.8, 4) is 16.9 Å². The molecule has 3 nitrogen and oxygen atoms in total. The first kappa shape index (κ1) is 18.7. The van der Waals surface area contributed by atoms with E-state index in [1.807, 2.05) is 48.5 Å². The molecule has 0 unspecified atom stereocenters. The molecule has 0 fully saturated rings. The molecule has 0 aliphatic carbocycles. The van der Waals surface area contributed by atoms with Gasteiger partial charge in [0.25, 0.3) is 5.91 Å². The average Bonchev–Trinajstić information content (AvgIpc) is 2.73. The number of ether oxygens (including phenoxy) is 1. The van der Waals surface area contributed by atoms with Crippen LogP contribution in [0.15, 0.2) is 72.8 Å². The summed E-state index contributed by atoms with van der Waals surface area (Å²) < 4.78 is 5.67. The summed E-state index contributed by atoms with van der Waals surface area (Å²) in [5, 5.41) is 3.02. The fourth-order valence-electron chi connectivity index (χ4n) is 3.10. The molecule has 3 heteroatoms. The summed E-state index contributed by atoms with van der Waals surface area (Å²) >= 11 is 0. The first-order chi connectivity index (χ1) is 13.2. The van der Waals surface area contributed by atoms with Crippen molar-refractivity contribution in [3.05, 3.63) is 83.9 Å². The van der Waals surface area contributed by atoms with E-state index < -0.39 is 0 Å². The second-order valence-corrected chi connectivity index (χ2v) is 6.39. The third-order valence-electron chi connectivity index (χ3n) is 4.59. The molecule has 0 radical (unpaired) electrons. The Labute approximate surface area is 161 Å². The van der Waals surface area contributed by atoms with Gasteiger partial charge in [-0.25, -0.2) is 0 Å². The van der Waals surface area contributed by atoms with Crippen LogP contribution in [0.5, 0.6) is 5.75 Å². The van der Waals surface area contributed by atoms with E-state index >= 15 is 0 Å². The van der Waals surface area contributed by atoms with Crippen molar-refractivity contribution in [2.45, 2.75) is 26.7 Å². The first-order valence-electron chi connectivity index (χ1n) is 9.40. The summed E-state index contributed by atoms with van der Waals surface area (Å²) in [6.07, 6.45) is 1.76. The Bertz CT molecular complexity index is 864. The standard InChI is InChI=1S/C24H25NO2/c1-3-18-11-8-12-19(4-2)24(18)25-23(26)17-27-22-15-13-21(14-16-22)20-9-6-5-7-10-20/h5-16H,3-4,17H2,1-2H3,(H,25,26). The van der Waals surface area contributed by atoms with Crippen LogP contribution in [0.25, 0.3) is 11.1 Å². The molecular weight excluding hydrogens is 334 g/mol. The van der Waals surface area contributed by atoms with Gasteiger partial charge in [-0.3, -0.25) is 4.79 Å². The van der Waals surface area contributed by atoms with Crippen LogP contribution in [0.1, 0.15) is 25.0 Å². The summed E-state index contributed by atoms with van der Waals surface area (Å²) in [5.41, 5.74) is 5.50. The van der Waals surface area contributed by atoms with Gasteiger partial charge >= 0.3 is 0 Å². The largest absolute Gasteiger partial charge is 0.484 e. The van der Waals surface area contributed by atoms with E-state index in [4.69, 9.17) is 4.74 Å². The number of carbonyl (C=O) groups excluding carboxylic acids is 1. The highest BCUT2D eigenvalue weighted by Gasteiger charge is 2.10. The minimum atomic E-state index is -0.141. The van der Waals surface area contributed by atoms with Crippen LogP contribution >= 0.6 is 0 Å². The monoisotopic (exact) mass is 359 g/mol. The quantitative estimate of drug-likeness (QED) is 0.605. The molecular formula is C24H25NO2. The molecule has 0 atom stereocenters. The van der Waals surface area contributed by atoms with E-state index in [1.165, 1.54) is 0 Å². The van der Waals surface area contributed by atoms with Crippen LogP contribution in [0.2, 0.25) is 0 Å². The van der Waals surface area contributed by atoms with Gasteiger partial charge < -0.3 is 10.1 Å². The van der Waals surface area contributed by atoms with Gasteiger partial charge in [0.15, 0.2) is 6.61 Å². The number of para-hydroxylation sites is 1. The molecule has 138 valence electrons. The lowest BCUT2D eigenvalue weighted by Gasteiger charge is -2.15. The topological polar surface area (TPSA) is 38.3 Å². The fraction of sp³-hybridized carbons (Fsp3) is 0.208. The number of rotatable bonds is 7. The fourth-order valence-corrected chi connectivity index (χ4v) is 3.10. The molecule has 0 bridgehead atoms. The number of aryl methyl sites for hydroxylation is 2. The zero-order valence-corrected chi connectivity index (χ0v) is 15.9. The van der Waals surface area contributed by atoms with Crippen LogP contribution in [-0.2, 0) is 17.6 Å². The number of benzene rings is 3. The molecule has 0 aliphatic rings. The highest BCUT2D eigenvalue weighted by atomic mass is 16.5. The number of hydrogen-bond acceptors (Lipinski definition) is 2. The van der Waals surface area contributed by atoms with Crippen LogP contribution in [0.4, 0.5) is 5.69 Å². The highest BCUT2D eigenvalue weighted by Crippen LogP contribution is 2.24. The summed E-state index contributed by atoms with van der Waals surface area (Å²) in [6.45, 7) is 4.18. The molecule has 3 aromatic carbocycles. The molecule has 0 spiro atoms. The minimum absolute atomic E-state index is 0.00805. The van der Waals surface area contributed by atoms with E-state index in [0.29, 0.717) is 5.75 Å². The number of carbonyl (C=O) groups is 1. The normalized spacial score (nSPS) is 10.4. The summed E-state index contributed by atoms with van der Waals surface area (Å²) in [7, 11) is 0. The smallest absolute Gasteiger partial charge is 0.262 e. The molecule has 0 aromatic heterocycles. The molecule has 3 rings (SSSR count). The maximum Gasteiger partial charge on any atom is 0.262 e. The maximum atomic E-state index is 12.4. The van der Waals surface area contributed by atoms with Gasteiger partial charge in [-0.1, -0.05) is 74.5 Å². The number of nitrogens with one attached hydrogen (secondary N) is 1. The number of amides is 1. The van der Waals surface area contributed by atoms with Crippen molar-refractivity contribution in [2.75, 3.05) is 11.9 Å². The van der Waals surface area contributed by atoms with Gasteiger partial charge in [-0.2, -0.15) is 0 Å². The molecule has 1 amide bonds. The molecule has 0 saturated carbocycles. The van der Waals surface area contributed by atoms with E-state index in [9.17, 15) is 4.79 Å². The Balaban J connectivity index is 1.61. The Morgan fingerprint density at radius 3 is 1.96 bits per heavy atom. The van der Waals surface area contributed by atoms with Gasteiger partial charge in [-0.05, 0) is 47.2 Å². The third kappa shape index (κ3) is 4.76. The number of anilines is 1. The van der Waals surface area contributed by atoms with Crippen molar-refractivity contribution in [1.29, 1.82) is 0 Å². The zero-order valence-electron chi connectivity index (χ0n) is 15.9. The Hall–Kier alpha value is -3.07. The van der Waals surface area contributed by atoms with Gasteiger partial charge in [-0.15, -0.1) is 0 Å². The maximum absolute atomic E-state index is 12.4. The van der Waals surface area contributed by atoms with Crippen molar-refractivity contribution in [1.82, 2.24) is 0 Å². The lowest BCUT2D eigenvalue weighted by molar-refractivity contribution is -0.118. The summed E-state index contributed by atoms with van der Waals surface area (Å²) in [6, 6.07) is 24.1. The minimum Gasteiger partial charge on any atom is -0.484 e. The zero-order chi connectivity index (χ0) is 19.1. The Morgan fingerprint density at radius 2 is 1.37 bits per heavy atom. The van der Waals surface area contributed by atoms with Crippen molar-refractivity contribution < 1.29 is 9.53 Å². The first-order valence-corrected chi connectivity index (χ1v) is 9.40. The van der Waals surface area contributed by atoms with Crippen LogP contribution in [0, 0.1) is 0 Å².